The maximum Gasteiger partial charge on any atom is 0.138 e. The average molecular weight is 316 g/mol. The highest BCUT2D eigenvalue weighted by molar-refractivity contribution is 6.34. The molecule has 6 heteroatoms. The average Bonchev–Trinajstić information content (AvgIpc) is 3.14. The van der Waals surface area contributed by atoms with Crippen molar-refractivity contribution in [3.8, 4) is 11.1 Å². The van der Waals surface area contributed by atoms with Crippen LogP contribution in [0.25, 0.3) is 22.2 Å². The van der Waals surface area contributed by atoms with E-state index in [4.69, 9.17) is 11.6 Å². The van der Waals surface area contributed by atoms with E-state index >= 15 is 0 Å². The van der Waals surface area contributed by atoms with Gasteiger partial charge in [-0.2, -0.15) is 5.10 Å². The zero-order valence-corrected chi connectivity index (χ0v) is 13.2. The first-order valence-corrected chi connectivity index (χ1v) is 7.97. The molecule has 114 valence electrons. The van der Waals surface area contributed by atoms with Crippen LogP contribution in [0.15, 0.2) is 24.7 Å². The quantitative estimate of drug-likeness (QED) is 0.764. The summed E-state index contributed by atoms with van der Waals surface area (Å²) in [6.45, 7) is 2.15. The summed E-state index contributed by atoms with van der Waals surface area (Å²) in [6.07, 6.45) is 7.86. The molecule has 4 heterocycles. The molecule has 3 aromatic rings. The van der Waals surface area contributed by atoms with Crippen molar-refractivity contribution in [3.05, 3.63) is 35.4 Å². The molecule has 5 nitrogen and oxygen atoms in total. The van der Waals surface area contributed by atoms with Gasteiger partial charge in [-0.05, 0) is 32.0 Å². The van der Waals surface area contributed by atoms with Crippen LogP contribution in [0.2, 0.25) is 5.02 Å². The first-order valence-electron chi connectivity index (χ1n) is 7.59. The fraction of sp³-hybridized carbons (Fsp3) is 0.375. The Hall–Kier alpha value is -1.85. The van der Waals surface area contributed by atoms with Crippen LogP contribution in [0, 0.1) is 0 Å². The van der Waals surface area contributed by atoms with Crippen molar-refractivity contribution >= 4 is 22.6 Å². The highest BCUT2D eigenvalue weighted by Gasteiger charge is 2.20. The number of nitrogens with zero attached hydrogens (tertiary/aromatic N) is 3. The normalized spacial score (nSPS) is 16.5. The first kappa shape index (κ1) is 13.8. The van der Waals surface area contributed by atoms with Crippen molar-refractivity contribution in [1.29, 1.82) is 0 Å². The van der Waals surface area contributed by atoms with E-state index in [1.165, 1.54) is 5.69 Å². The van der Waals surface area contributed by atoms with E-state index in [0.717, 1.165) is 48.1 Å². The van der Waals surface area contributed by atoms with Crippen LogP contribution >= 0.6 is 11.6 Å². The molecule has 0 atom stereocenters. The third-order valence-electron chi connectivity index (χ3n) is 4.41. The number of piperidine rings is 1. The molecule has 22 heavy (non-hydrogen) atoms. The summed E-state index contributed by atoms with van der Waals surface area (Å²) in [5.74, 6) is 0.566. The Labute approximate surface area is 133 Å². The summed E-state index contributed by atoms with van der Waals surface area (Å²) < 4.78 is 1.79. The van der Waals surface area contributed by atoms with E-state index < -0.39 is 0 Å². The van der Waals surface area contributed by atoms with Crippen molar-refractivity contribution < 1.29 is 0 Å². The number of nitrogens with one attached hydrogen (secondary N) is 2. The lowest BCUT2D eigenvalue weighted by molar-refractivity contribution is 0.455. The predicted molar refractivity (Wildman–Crippen MR) is 88.2 cm³/mol. The molecule has 0 aromatic carbocycles. The van der Waals surface area contributed by atoms with Crippen LogP contribution in [0.1, 0.15) is 24.5 Å². The molecule has 3 aromatic heterocycles. The number of aryl methyl sites for hydroxylation is 1. The molecule has 4 rings (SSSR count). The Morgan fingerprint density at radius 2 is 2.09 bits per heavy atom. The molecule has 0 spiro atoms. The second-order valence-electron chi connectivity index (χ2n) is 5.90. The van der Waals surface area contributed by atoms with Crippen molar-refractivity contribution in [2.75, 3.05) is 13.1 Å². The molecule has 0 saturated carbocycles. The lowest BCUT2D eigenvalue weighted by Crippen LogP contribution is -2.26. The van der Waals surface area contributed by atoms with Gasteiger partial charge in [0.25, 0.3) is 0 Å². The van der Waals surface area contributed by atoms with Gasteiger partial charge in [0.1, 0.15) is 5.65 Å². The Kier molecular flexibility index (Phi) is 3.39. The minimum absolute atomic E-state index is 0.566. The Bertz CT molecular complexity index is 813. The van der Waals surface area contributed by atoms with Gasteiger partial charge in [-0.25, -0.2) is 4.98 Å². The van der Waals surface area contributed by atoms with E-state index in [0.29, 0.717) is 10.9 Å². The maximum absolute atomic E-state index is 6.42. The molecule has 1 aliphatic heterocycles. The predicted octanol–water partition coefficient (Wildman–Crippen LogP) is 3.08. The van der Waals surface area contributed by atoms with Crippen molar-refractivity contribution in [2.24, 2.45) is 7.05 Å². The Balaban J connectivity index is 1.85. The largest absolute Gasteiger partial charge is 0.343 e. The van der Waals surface area contributed by atoms with Crippen LogP contribution in [-0.2, 0) is 7.05 Å². The monoisotopic (exact) mass is 315 g/mol. The van der Waals surface area contributed by atoms with Gasteiger partial charge in [-0.3, -0.25) is 4.68 Å². The van der Waals surface area contributed by atoms with Gasteiger partial charge in [0, 0.05) is 47.6 Å². The second-order valence-corrected chi connectivity index (χ2v) is 6.30. The van der Waals surface area contributed by atoms with Crippen LogP contribution < -0.4 is 5.32 Å². The van der Waals surface area contributed by atoms with E-state index in [9.17, 15) is 0 Å². The number of hydrogen-bond donors (Lipinski definition) is 2. The van der Waals surface area contributed by atoms with Crippen molar-refractivity contribution in [2.45, 2.75) is 18.8 Å². The van der Waals surface area contributed by atoms with Crippen molar-refractivity contribution in [3.63, 3.8) is 0 Å². The number of hydrogen-bond acceptors (Lipinski definition) is 3. The molecule has 2 N–H and O–H groups in total. The third kappa shape index (κ3) is 2.30. The SMILES string of the molecule is Cn1cc(-c2c(Cl)cnc3[nH]c(C4CCNCC4)cc23)cn1. The number of aromatic amines is 1. The van der Waals surface area contributed by atoms with Gasteiger partial charge in [0.2, 0.25) is 0 Å². The van der Waals surface area contributed by atoms with E-state index in [1.54, 1.807) is 10.9 Å². The summed E-state index contributed by atoms with van der Waals surface area (Å²) in [4.78, 5) is 7.94. The summed E-state index contributed by atoms with van der Waals surface area (Å²) in [7, 11) is 1.91. The number of pyridine rings is 1. The molecule has 1 fully saturated rings. The van der Waals surface area contributed by atoms with Gasteiger partial charge in [-0.1, -0.05) is 11.6 Å². The van der Waals surface area contributed by atoms with Gasteiger partial charge in [0.15, 0.2) is 0 Å². The number of H-pyrrole nitrogens is 1. The summed E-state index contributed by atoms with van der Waals surface area (Å²) in [5.41, 5.74) is 4.19. The molecule has 0 aliphatic carbocycles. The summed E-state index contributed by atoms with van der Waals surface area (Å²) in [6, 6.07) is 2.21. The van der Waals surface area contributed by atoms with Gasteiger partial charge in [-0.15, -0.1) is 0 Å². The molecule has 1 saturated heterocycles. The highest BCUT2D eigenvalue weighted by Crippen LogP contribution is 2.36. The van der Waals surface area contributed by atoms with E-state index in [1.807, 2.05) is 19.4 Å². The minimum Gasteiger partial charge on any atom is -0.343 e. The fourth-order valence-corrected chi connectivity index (χ4v) is 3.53. The highest BCUT2D eigenvalue weighted by atomic mass is 35.5. The van der Waals surface area contributed by atoms with E-state index in [-0.39, 0.29) is 0 Å². The topological polar surface area (TPSA) is 58.5 Å². The van der Waals surface area contributed by atoms with Gasteiger partial charge < -0.3 is 10.3 Å². The standard InChI is InChI=1S/C16H18ClN5/c1-22-9-11(7-20-22)15-12-6-14(10-2-4-18-5-3-10)21-16(12)19-8-13(15)17/h6-10,18H,2-5H2,1H3,(H,19,21). The molecular formula is C16H18ClN5. The van der Waals surface area contributed by atoms with Crippen molar-refractivity contribution in [1.82, 2.24) is 25.1 Å². The number of halogens is 1. The van der Waals surface area contributed by atoms with Gasteiger partial charge >= 0.3 is 0 Å². The molecule has 0 radical (unpaired) electrons. The second kappa shape index (κ2) is 5.41. The zero-order valence-electron chi connectivity index (χ0n) is 12.4. The maximum atomic E-state index is 6.42. The summed E-state index contributed by atoms with van der Waals surface area (Å²) in [5, 5.41) is 9.40. The van der Waals surface area contributed by atoms with Gasteiger partial charge in [0.05, 0.1) is 11.2 Å². The van der Waals surface area contributed by atoms with Crippen LogP contribution in [0.5, 0.6) is 0 Å². The lowest BCUT2D eigenvalue weighted by Gasteiger charge is -2.21. The smallest absolute Gasteiger partial charge is 0.138 e. The van der Waals surface area contributed by atoms with Crippen LogP contribution in [-0.4, -0.2) is 32.8 Å². The minimum atomic E-state index is 0.566. The lowest BCUT2D eigenvalue weighted by atomic mass is 9.94. The number of rotatable bonds is 2. The molecule has 0 unspecified atom stereocenters. The van der Waals surface area contributed by atoms with E-state index in [2.05, 4.69) is 26.4 Å². The molecule has 0 bridgehead atoms. The Morgan fingerprint density at radius 1 is 1.27 bits per heavy atom. The molecule has 1 aliphatic rings. The fourth-order valence-electron chi connectivity index (χ4n) is 3.27. The molecule has 0 amide bonds. The van der Waals surface area contributed by atoms with Crippen LogP contribution in [0.4, 0.5) is 0 Å². The number of aromatic nitrogens is 4. The first-order chi connectivity index (χ1) is 10.7. The number of fused-ring (bicyclic) bond motifs is 1. The Morgan fingerprint density at radius 3 is 2.82 bits per heavy atom. The zero-order chi connectivity index (χ0) is 15.1. The molecular weight excluding hydrogens is 298 g/mol. The van der Waals surface area contributed by atoms with Crippen LogP contribution in [0.3, 0.4) is 0 Å². The third-order valence-corrected chi connectivity index (χ3v) is 4.69. The summed E-state index contributed by atoms with van der Waals surface area (Å²) >= 11 is 6.42.